The summed E-state index contributed by atoms with van der Waals surface area (Å²) in [5.74, 6) is -0.205. The molecule has 0 spiro atoms. The number of carbonyl (C=O) groups excluding carboxylic acids is 1. The van der Waals surface area contributed by atoms with Crippen molar-refractivity contribution in [1.82, 2.24) is 9.91 Å². The molecule has 0 amide bonds. The van der Waals surface area contributed by atoms with Crippen molar-refractivity contribution in [2.45, 2.75) is 18.9 Å². The van der Waals surface area contributed by atoms with Gasteiger partial charge in [-0.25, -0.2) is 9.40 Å². The topological polar surface area (TPSA) is 30.0 Å². The number of likely N-dealkylation sites (N-methyl/N-ethyl adjacent to an activating group) is 1. The number of hydrazine groups is 1. The zero-order chi connectivity index (χ0) is 20.0. The van der Waals surface area contributed by atoms with E-state index < -0.39 is 0 Å². The second-order valence-corrected chi connectivity index (χ2v) is 8.27. The van der Waals surface area contributed by atoms with E-state index in [1.165, 1.54) is 29.1 Å². The largest absolute Gasteiger partial charge is 0.371 e. The van der Waals surface area contributed by atoms with E-state index in [0.717, 1.165) is 45.7 Å². The predicted molar refractivity (Wildman–Crippen MR) is 113 cm³/mol. The van der Waals surface area contributed by atoms with Crippen LogP contribution in [0.15, 0.2) is 42.5 Å². The number of fused-ring (bicyclic) bond motifs is 3. The van der Waals surface area contributed by atoms with E-state index in [9.17, 15) is 9.18 Å². The fourth-order valence-corrected chi connectivity index (χ4v) is 4.96. The van der Waals surface area contributed by atoms with Crippen molar-refractivity contribution in [1.29, 1.82) is 0 Å². The summed E-state index contributed by atoms with van der Waals surface area (Å²) < 4.78 is 13.0. The van der Waals surface area contributed by atoms with Crippen LogP contribution >= 0.6 is 0 Å². The SMILES string of the molecule is CN1CCN2c3c(cccc31)[C@@H]1CN(CCCC(=O)c3ccc(F)cc3)CCN12. The molecule has 3 aliphatic heterocycles. The Morgan fingerprint density at radius 2 is 1.90 bits per heavy atom. The summed E-state index contributed by atoms with van der Waals surface area (Å²) in [6.45, 7) is 6.07. The molecule has 3 aliphatic rings. The maximum atomic E-state index is 13.0. The van der Waals surface area contributed by atoms with Gasteiger partial charge in [0.2, 0.25) is 0 Å². The van der Waals surface area contributed by atoms with Crippen molar-refractivity contribution in [2.75, 3.05) is 56.2 Å². The maximum absolute atomic E-state index is 13.0. The Morgan fingerprint density at radius 3 is 2.72 bits per heavy atom. The van der Waals surface area contributed by atoms with Crippen LogP contribution in [0.3, 0.4) is 0 Å². The molecule has 152 valence electrons. The number of rotatable bonds is 5. The van der Waals surface area contributed by atoms with E-state index in [0.29, 0.717) is 18.0 Å². The molecule has 0 unspecified atom stereocenters. The van der Waals surface area contributed by atoms with Crippen molar-refractivity contribution in [3.8, 4) is 0 Å². The van der Waals surface area contributed by atoms with Crippen molar-refractivity contribution in [2.24, 2.45) is 0 Å². The summed E-state index contributed by atoms with van der Waals surface area (Å²) in [5, 5.41) is 5.03. The zero-order valence-electron chi connectivity index (χ0n) is 16.9. The summed E-state index contributed by atoms with van der Waals surface area (Å²) >= 11 is 0. The van der Waals surface area contributed by atoms with Crippen LogP contribution in [0.1, 0.15) is 34.8 Å². The molecule has 6 heteroatoms. The lowest BCUT2D eigenvalue weighted by atomic mass is 10.0. The number of hydrogen-bond acceptors (Lipinski definition) is 5. The highest BCUT2D eigenvalue weighted by Crippen LogP contribution is 2.48. The normalized spacial score (nSPS) is 21.2. The van der Waals surface area contributed by atoms with Crippen LogP contribution in [0.4, 0.5) is 15.8 Å². The zero-order valence-corrected chi connectivity index (χ0v) is 16.9. The number of hydrogen-bond donors (Lipinski definition) is 0. The molecule has 0 aromatic heterocycles. The third kappa shape index (κ3) is 3.30. The maximum Gasteiger partial charge on any atom is 0.162 e. The number of Topliss-reactive ketones (excluding diaryl/α,β-unsaturated/α-hetero) is 1. The molecule has 5 nitrogen and oxygen atoms in total. The molecule has 29 heavy (non-hydrogen) atoms. The summed E-state index contributed by atoms with van der Waals surface area (Å²) in [6, 6.07) is 12.9. The second kappa shape index (κ2) is 7.43. The number of para-hydroxylation sites is 1. The van der Waals surface area contributed by atoms with Crippen molar-refractivity contribution < 1.29 is 9.18 Å². The Labute approximate surface area is 171 Å². The fraction of sp³-hybridized carbons (Fsp3) is 0.435. The number of carbonyl (C=O) groups is 1. The molecule has 0 radical (unpaired) electrons. The summed E-state index contributed by atoms with van der Waals surface area (Å²) in [5.41, 5.74) is 4.76. The summed E-state index contributed by atoms with van der Waals surface area (Å²) in [6.07, 6.45) is 1.34. The fourth-order valence-electron chi connectivity index (χ4n) is 4.96. The van der Waals surface area contributed by atoms with Crippen LogP contribution in [0.2, 0.25) is 0 Å². The Morgan fingerprint density at radius 1 is 1.07 bits per heavy atom. The molecule has 5 rings (SSSR count). The molecule has 2 aromatic carbocycles. The minimum Gasteiger partial charge on any atom is -0.371 e. The van der Waals surface area contributed by atoms with Crippen LogP contribution in [0, 0.1) is 5.82 Å². The first-order chi connectivity index (χ1) is 14.1. The van der Waals surface area contributed by atoms with Gasteiger partial charge in [0, 0.05) is 45.2 Å². The van der Waals surface area contributed by atoms with Gasteiger partial charge in [0.05, 0.1) is 24.0 Å². The molecule has 2 aromatic rings. The van der Waals surface area contributed by atoms with Gasteiger partial charge in [-0.1, -0.05) is 12.1 Å². The van der Waals surface area contributed by atoms with E-state index in [4.69, 9.17) is 0 Å². The molecule has 1 fully saturated rings. The van der Waals surface area contributed by atoms with Gasteiger partial charge >= 0.3 is 0 Å². The standard InChI is InChI=1S/C23H27FN4O/c1-25-12-14-28-23-19(4-2-5-20(23)25)21-16-26(13-15-27(21)28)11-3-6-22(29)17-7-9-18(24)10-8-17/h2,4-5,7-10,21H,3,6,11-16H2,1H3/t21-/m0/s1. The summed E-state index contributed by atoms with van der Waals surface area (Å²) in [7, 11) is 2.18. The Kier molecular flexibility index (Phi) is 4.76. The lowest BCUT2D eigenvalue weighted by molar-refractivity contribution is 0.0749. The van der Waals surface area contributed by atoms with Crippen LogP contribution in [-0.2, 0) is 0 Å². The highest BCUT2D eigenvalue weighted by molar-refractivity contribution is 5.95. The van der Waals surface area contributed by atoms with Gasteiger partial charge in [-0.2, -0.15) is 0 Å². The number of anilines is 2. The lowest BCUT2D eigenvalue weighted by Gasteiger charge is -2.43. The third-order valence-corrected chi connectivity index (χ3v) is 6.51. The van der Waals surface area contributed by atoms with Crippen LogP contribution in [0.5, 0.6) is 0 Å². The first-order valence-corrected chi connectivity index (χ1v) is 10.5. The van der Waals surface area contributed by atoms with Gasteiger partial charge in [-0.15, -0.1) is 0 Å². The number of nitrogens with zero attached hydrogens (tertiary/aromatic N) is 4. The third-order valence-electron chi connectivity index (χ3n) is 6.51. The van der Waals surface area contributed by atoms with E-state index in [-0.39, 0.29) is 11.6 Å². The highest BCUT2D eigenvalue weighted by atomic mass is 19.1. The average molecular weight is 394 g/mol. The Balaban J connectivity index is 1.22. The average Bonchev–Trinajstić information content (AvgIpc) is 3.06. The first kappa shape index (κ1) is 18.6. The van der Waals surface area contributed by atoms with E-state index in [1.54, 1.807) is 12.1 Å². The number of halogens is 1. The van der Waals surface area contributed by atoms with Crippen LogP contribution in [0.25, 0.3) is 0 Å². The quantitative estimate of drug-likeness (QED) is 0.726. The van der Waals surface area contributed by atoms with Crippen LogP contribution in [-0.4, -0.2) is 62.0 Å². The smallest absolute Gasteiger partial charge is 0.162 e. The van der Waals surface area contributed by atoms with Gasteiger partial charge in [0.1, 0.15) is 5.82 Å². The molecule has 3 heterocycles. The molecular weight excluding hydrogens is 367 g/mol. The molecule has 0 saturated carbocycles. The minimum atomic E-state index is -0.302. The Hall–Kier alpha value is -2.44. The molecule has 1 saturated heterocycles. The van der Waals surface area contributed by atoms with Crippen molar-refractivity contribution in [3.63, 3.8) is 0 Å². The van der Waals surface area contributed by atoms with E-state index in [2.05, 4.69) is 45.1 Å². The minimum absolute atomic E-state index is 0.0968. The van der Waals surface area contributed by atoms with E-state index in [1.807, 2.05) is 0 Å². The second-order valence-electron chi connectivity index (χ2n) is 8.27. The van der Waals surface area contributed by atoms with Crippen molar-refractivity contribution >= 4 is 17.2 Å². The van der Waals surface area contributed by atoms with Gasteiger partial charge in [0.15, 0.2) is 5.78 Å². The first-order valence-electron chi connectivity index (χ1n) is 10.5. The molecule has 0 bridgehead atoms. The molecular formula is C23H27FN4O. The number of piperazine rings is 1. The number of benzene rings is 2. The molecule has 1 atom stereocenters. The van der Waals surface area contributed by atoms with Gasteiger partial charge < -0.3 is 14.8 Å². The Bertz CT molecular complexity index is 916. The van der Waals surface area contributed by atoms with Crippen LogP contribution < -0.4 is 9.91 Å². The summed E-state index contributed by atoms with van der Waals surface area (Å²) in [4.78, 5) is 17.2. The van der Waals surface area contributed by atoms with E-state index >= 15 is 0 Å². The predicted octanol–water partition coefficient (Wildman–Crippen LogP) is 3.33. The highest BCUT2D eigenvalue weighted by Gasteiger charge is 2.42. The monoisotopic (exact) mass is 394 g/mol. The van der Waals surface area contributed by atoms with Crippen molar-refractivity contribution in [3.05, 3.63) is 59.4 Å². The van der Waals surface area contributed by atoms with Gasteiger partial charge in [-0.05, 0) is 48.9 Å². The molecule has 0 aliphatic carbocycles. The lowest BCUT2D eigenvalue weighted by Crippen LogP contribution is -2.54. The molecule has 0 N–H and O–H groups in total. The van der Waals surface area contributed by atoms with Gasteiger partial charge in [0.25, 0.3) is 0 Å². The van der Waals surface area contributed by atoms with Gasteiger partial charge in [-0.3, -0.25) is 4.79 Å². The number of ketones is 1.